The lowest BCUT2D eigenvalue weighted by atomic mass is 9.92. The molecule has 1 heterocycles. The summed E-state index contributed by atoms with van der Waals surface area (Å²) in [5.41, 5.74) is -0.616. The fourth-order valence-corrected chi connectivity index (χ4v) is 4.47. The predicted octanol–water partition coefficient (Wildman–Crippen LogP) is 3.54. The number of aromatic hydroxyl groups is 2. The van der Waals surface area contributed by atoms with Gasteiger partial charge in [-0.05, 0) is 57.0 Å². The normalized spacial score (nSPS) is 17.6. The number of ether oxygens (including phenoxy) is 4. The molecule has 1 aliphatic rings. The average Bonchev–Trinajstić information content (AvgIpc) is 3.01. The first-order valence-corrected chi connectivity index (χ1v) is 15.0. The third-order valence-corrected chi connectivity index (χ3v) is 6.80. The number of hydrogen-bond acceptors (Lipinski definition) is 13. The van der Waals surface area contributed by atoms with Gasteiger partial charge in [-0.2, -0.15) is 0 Å². The van der Waals surface area contributed by atoms with Gasteiger partial charge in [-0.3, -0.25) is 0 Å². The summed E-state index contributed by atoms with van der Waals surface area (Å²) in [6.07, 6.45) is 2.20. The van der Waals surface area contributed by atoms with E-state index in [1.807, 2.05) is 13.8 Å². The number of aliphatic hydroxyl groups is 4. The second-order valence-electron chi connectivity index (χ2n) is 11.0. The average molecular weight is 640 g/mol. The van der Waals surface area contributed by atoms with Crippen molar-refractivity contribution in [3.8, 4) is 45.8 Å². The van der Waals surface area contributed by atoms with Crippen LogP contribution >= 0.6 is 0 Å². The largest absolute Gasteiger partial charge is 0.507 e. The Morgan fingerprint density at radius 2 is 1.28 bits per heavy atom. The smallest absolute Gasteiger partial charge is 0.167 e. The zero-order chi connectivity index (χ0) is 33.3. The standard InChI is InChI=1S/C33H41N3O10/c1-4-12-44-17-21(38)19-46-23-7-9-25(28(40)14-23)31-34-30(35-32(36-31)26-10-11-33(3,42)15-29(26)41)24-8-6-22(13-27(24)39)45-18-20(37)16-43-5-2/h6-10,13-15,20-21,37-42H,4-5,11-12,16-19H2,1-3H3. The second-order valence-corrected chi connectivity index (χ2v) is 11.0. The van der Waals surface area contributed by atoms with Crippen molar-refractivity contribution in [3.05, 3.63) is 60.1 Å². The van der Waals surface area contributed by atoms with Crippen molar-refractivity contribution >= 4 is 5.57 Å². The molecule has 3 aromatic rings. The number of hydrogen-bond donors (Lipinski definition) is 6. The van der Waals surface area contributed by atoms with Crippen molar-refractivity contribution in [3.63, 3.8) is 0 Å². The molecule has 2 aromatic carbocycles. The Kier molecular flexibility index (Phi) is 11.9. The molecular weight excluding hydrogens is 598 g/mol. The third kappa shape index (κ3) is 9.37. The SMILES string of the molecule is CCCOCC(O)COc1ccc(-c2nc(C3=CCC(C)(O)C=C3O)nc(-c3ccc(OCC(O)COCC)cc3O)n2)c(O)c1. The highest BCUT2D eigenvalue weighted by Crippen LogP contribution is 2.37. The van der Waals surface area contributed by atoms with Gasteiger partial charge in [-0.25, -0.2) is 15.0 Å². The van der Waals surface area contributed by atoms with E-state index in [1.54, 1.807) is 25.1 Å². The number of phenolic OH excluding ortho intramolecular Hbond substituents is 2. The van der Waals surface area contributed by atoms with Crippen LogP contribution in [0, 0.1) is 0 Å². The topological polar surface area (TPSA) is 197 Å². The van der Waals surface area contributed by atoms with E-state index in [9.17, 15) is 30.6 Å². The highest BCUT2D eigenvalue weighted by molar-refractivity contribution is 5.78. The van der Waals surface area contributed by atoms with Gasteiger partial charge in [0.2, 0.25) is 0 Å². The van der Waals surface area contributed by atoms with Crippen LogP contribution in [0.1, 0.15) is 39.4 Å². The predicted molar refractivity (Wildman–Crippen MR) is 169 cm³/mol. The van der Waals surface area contributed by atoms with Crippen molar-refractivity contribution in [1.82, 2.24) is 15.0 Å². The van der Waals surface area contributed by atoms with Crippen LogP contribution in [0.4, 0.5) is 0 Å². The summed E-state index contributed by atoms with van der Waals surface area (Å²) in [6, 6.07) is 8.93. The van der Waals surface area contributed by atoms with E-state index in [4.69, 9.17) is 18.9 Å². The first kappa shape index (κ1) is 34.6. The van der Waals surface area contributed by atoms with Gasteiger partial charge in [0.25, 0.3) is 0 Å². The van der Waals surface area contributed by atoms with E-state index < -0.39 is 17.8 Å². The van der Waals surface area contributed by atoms with Crippen LogP contribution in [-0.2, 0) is 9.47 Å². The van der Waals surface area contributed by atoms with Crippen LogP contribution in [0.25, 0.3) is 28.3 Å². The van der Waals surface area contributed by atoms with Crippen molar-refractivity contribution in [2.24, 2.45) is 0 Å². The number of aliphatic hydroxyl groups excluding tert-OH is 3. The van der Waals surface area contributed by atoms with E-state index >= 15 is 0 Å². The van der Waals surface area contributed by atoms with Crippen LogP contribution in [0.2, 0.25) is 0 Å². The molecule has 3 atom stereocenters. The van der Waals surface area contributed by atoms with Crippen LogP contribution in [-0.4, -0.2) is 103 Å². The summed E-state index contributed by atoms with van der Waals surface area (Å²) in [4.78, 5) is 13.5. The maximum atomic E-state index is 10.9. The highest BCUT2D eigenvalue weighted by Gasteiger charge is 2.27. The Bertz CT molecular complexity index is 1540. The molecule has 46 heavy (non-hydrogen) atoms. The van der Waals surface area contributed by atoms with Gasteiger partial charge in [0.15, 0.2) is 17.5 Å². The minimum atomic E-state index is -1.26. The summed E-state index contributed by atoms with van der Waals surface area (Å²) >= 11 is 0. The lowest BCUT2D eigenvalue weighted by molar-refractivity contribution is 0.0123. The maximum Gasteiger partial charge on any atom is 0.167 e. The molecule has 3 unspecified atom stereocenters. The molecule has 0 radical (unpaired) electrons. The van der Waals surface area contributed by atoms with Crippen LogP contribution in [0.15, 0.2) is 54.3 Å². The Hall–Kier alpha value is -4.27. The molecular formula is C33H41N3O10. The zero-order valence-electron chi connectivity index (χ0n) is 26.1. The third-order valence-electron chi connectivity index (χ3n) is 6.80. The lowest BCUT2D eigenvalue weighted by Gasteiger charge is -2.23. The van der Waals surface area contributed by atoms with E-state index in [0.29, 0.717) is 24.7 Å². The summed E-state index contributed by atoms with van der Waals surface area (Å²) in [5, 5.41) is 63.1. The maximum absolute atomic E-state index is 10.9. The van der Waals surface area contributed by atoms with Gasteiger partial charge in [0, 0.05) is 25.3 Å². The number of aromatic nitrogens is 3. The highest BCUT2D eigenvalue weighted by atomic mass is 16.5. The minimum Gasteiger partial charge on any atom is -0.507 e. The van der Waals surface area contributed by atoms with E-state index in [1.165, 1.54) is 30.3 Å². The minimum absolute atomic E-state index is 0.0291. The van der Waals surface area contributed by atoms with Crippen LogP contribution < -0.4 is 9.47 Å². The van der Waals surface area contributed by atoms with Gasteiger partial charge in [0.1, 0.15) is 54.2 Å². The van der Waals surface area contributed by atoms with E-state index in [0.717, 1.165) is 6.42 Å². The first-order valence-electron chi connectivity index (χ1n) is 15.0. The van der Waals surface area contributed by atoms with Crippen LogP contribution in [0.3, 0.4) is 0 Å². The summed E-state index contributed by atoms with van der Waals surface area (Å²) in [6.45, 7) is 6.47. The molecule has 0 aliphatic heterocycles. The second kappa shape index (κ2) is 15.8. The number of allylic oxidation sites excluding steroid dienone is 1. The molecule has 1 aromatic heterocycles. The first-order chi connectivity index (χ1) is 22.0. The van der Waals surface area contributed by atoms with Crippen molar-refractivity contribution in [2.45, 2.75) is 51.4 Å². The molecule has 13 heteroatoms. The molecule has 6 N–H and O–H groups in total. The molecule has 13 nitrogen and oxygen atoms in total. The van der Waals surface area contributed by atoms with Gasteiger partial charge >= 0.3 is 0 Å². The summed E-state index contributed by atoms with van der Waals surface area (Å²) in [5.74, 6) is -0.0125. The molecule has 0 saturated carbocycles. The fourth-order valence-electron chi connectivity index (χ4n) is 4.47. The fraction of sp³-hybridized carbons (Fsp3) is 0.424. The molecule has 0 amide bonds. The molecule has 0 fully saturated rings. The van der Waals surface area contributed by atoms with Gasteiger partial charge in [0.05, 0.1) is 35.5 Å². The van der Waals surface area contributed by atoms with E-state index in [-0.39, 0.29) is 84.3 Å². The molecule has 1 aliphatic carbocycles. The zero-order valence-corrected chi connectivity index (χ0v) is 26.1. The Morgan fingerprint density at radius 3 is 1.76 bits per heavy atom. The Morgan fingerprint density at radius 1 is 0.761 bits per heavy atom. The molecule has 0 saturated heterocycles. The summed E-state index contributed by atoms with van der Waals surface area (Å²) in [7, 11) is 0. The van der Waals surface area contributed by atoms with Gasteiger partial charge < -0.3 is 49.6 Å². The van der Waals surface area contributed by atoms with Crippen molar-refractivity contribution < 1.29 is 49.6 Å². The monoisotopic (exact) mass is 639 g/mol. The summed E-state index contributed by atoms with van der Waals surface area (Å²) < 4.78 is 21.7. The Labute approximate surface area is 267 Å². The van der Waals surface area contributed by atoms with Gasteiger partial charge in [-0.15, -0.1) is 0 Å². The number of nitrogens with zero attached hydrogens (tertiary/aromatic N) is 3. The van der Waals surface area contributed by atoms with Gasteiger partial charge in [-0.1, -0.05) is 13.0 Å². The van der Waals surface area contributed by atoms with Crippen LogP contribution in [0.5, 0.6) is 23.0 Å². The molecule has 4 rings (SSSR count). The number of benzene rings is 2. The Balaban J connectivity index is 1.65. The van der Waals surface area contributed by atoms with E-state index in [2.05, 4.69) is 15.0 Å². The van der Waals surface area contributed by atoms with Crippen molar-refractivity contribution in [1.29, 1.82) is 0 Å². The molecule has 0 spiro atoms. The molecule has 0 bridgehead atoms. The lowest BCUT2D eigenvalue weighted by Crippen LogP contribution is -2.23. The number of rotatable bonds is 16. The molecule has 248 valence electrons. The number of phenols is 2. The quantitative estimate of drug-likeness (QED) is 0.125. The van der Waals surface area contributed by atoms with Crippen molar-refractivity contribution in [2.75, 3.05) is 39.6 Å².